The molecule has 9 heteroatoms. The van der Waals surface area contributed by atoms with Crippen molar-refractivity contribution in [3.05, 3.63) is 45.9 Å². The fraction of sp³-hybridized carbons (Fsp3) is 0.375. The van der Waals surface area contributed by atoms with Gasteiger partial charge in [0, 0.05) is 11.8 Å². The van der Waals surface area contributed by atoms with Gasteiger partial charge in [-0.3, -0.25) is 4.79 Å². The second-order valence-electron chi connectivity index (χ2n) is 5.34. The van der Waals surface area contributed by atoms with Crippen LogP contribution in [0.5, 0.6) is 5.75 Å². The number of hydrogen-bond acceptors (Lipinski definition) is 5. The van der Waals surface area contributed by atoms with Crippen molar-refractivity contribution in [1.29, 1.82) is 0 Å². The number of nitrogens with zero attached hydrogens (tertiary/aromatic N) is 1. The van der Waals surface area contributed by atoms with Crippen LogP contribution in [-0.2, 0) is 12.6 Å². The number of benzene rings is 1. The first-order valence-corrected chi connectivity index (χ1v) is 8.43. The molecule has 0 aliphatic heterocycles. The van der Waals surface area contributed by atoms with Gasteiger partial charge in [-0.25, -0.2) is 4.98 Å². The van der Waals surface area contributed by atoms with E-state index in [0.717, 1.165) is 11.1 Å². The van der Waals surface area contributed by atoms with E-state index in [9.17, 15) is 18.0 Å². The standard InChI is InChI=1S/C16H18F3N3O2S/c1-10(21-15(23)12-9-25-14(22-12)6-7-20)8-24-13-5-3-2-4-11(13)16(17,18)19/h2-5,9-10H,6-8,20H2,1H3,(H,21,23). The minimum absolute atomic E-state index is 0.0986. The topological polar surface area (TPSA) is 77.2 Å². The number of thiazole rings is 1. The van der Waals surface area contributed by atoms with Crippen molar-refractivity contribution in [3.8, 4) is 5.75 Å². The Kier molecular flexibility index (Phi) is 6.38. The van der Waals surface area contributed by atoms with E-state index in [4.69, 9.17) is 10.5 Å². The first kappa shape index (κ1) is 19.2. The first-order chi connectivity index (χ1) is 11.8. The van der Waals surface area contributed by atoms with Crippen LogP contribution >= 0.6 is 11.3 Å². The van der Waals surface area contributed by atoms with Crippen LogP contribution in [0.3, 0.4) is 0 Å². The minimum atomic E-state index is -4.50. The molecule has 136 valence electrons. The lowest BCUT2D eigenvalue weighted by Gasteiger charge is -2.17. The average molecular weight is 373 g/mol. The zero-order valence-corrected chi connectivity index (χ0v) is 14.3. The van der Waals surface area contributed by atoms with Gasteiger partial charge in [0.1, 0.15) is 18.1 Å². The third kappa shape index (κ3) is 5.43. The summed E-state index contributed by atoms with van der Waals surface area (Å²) < 4.78 is 43.9. The maximum absolute atomic E-state index is 12.9. The Bertz CT molecular complexity index is 719. The summed E-state index contributed by atoms with van der Waals surface area (Å²) in [5.41, 5.74) is 4.85. The van der Waals surface area contributed by atoms with Crippen LogP contribution in [0, 0.1) is 0 Å². The van der Waals surface area contributed by atoms with Crippen molar-refractivity contribution in [2.24, 2.45) is 5.73 Å². The van der Waals surface area contributed by atoms with Crippen LogP contribution in [0.4, 0.5) is 13.2 Å². The Morgan fingerprint density at radius 2 is 2.12 bits per heavy atom. The number of rotatable bonds is 7. The molecule has 1 atom stereocenters. The Morgan fingerprint density at radius 1 is 1.40 bits per heavy atom. The molecule has 1 heterocycles. The quantitative estimate of drug-likeness (QED) is 0.782. The maximum atomic E-state index is 12.9. The number of nitrogens with one attached hydrogen (secondary N) is 1. The molecule has 1 amide bonds. The summed E-state index contributed by atoms with van der Waals surface area (Å²) in [4.78, 5) is 16.2. The van der Waals surface area contributed by atoms with Gasteiger partial charge in [0.05, 0.1) is 16.6 Å². The van der Waals surface area contributed by atoms with Gasteiger partial charge in [0.2, 0.25) is 0 Å². The molecule has 1 unspecified atom stereocenters. The molecule has 5 nitrogen and oxygen atoms in total. The van der Waals surface area contributed by atoms with Crippen molar-refractivity contribution in [3.63, 3.8) is 0 Å². The van der Waals surface area contributed by atoms with Crippen molar-refractivity contribution < 1.29 is 22.7 Å². The summed E-state index contributed by atoms with van der Waals surface area (Å²) in [5.74, 6) is -0.672. The Morgan fingerprint density at radius 3 is 2.80 bits per heavy atom. The maximum Gasteiger partial charge on any atom is 0.419 e. The van der Waals surface area contributed by atoms with Gasteiger partial charge in [-0.15, -0.1) is 11.3 Å². The lowest BCUT2D eigenvalue weighted by atomic mass is 10.2. The van der Waals surface area contributed by atoms with E-state index in [-0.39, 0.29) is 18.1 Å². The summed E-state index contributed by atoms with van der Waals surface area (Å²) in [7, 11) is 0. The summed E-state index contributed by atoms with van der Waals surface area (Å²) in [6, 6.07) is 4.46. The third-order valence-electron chi connectivity index (χ3n) is 3.20. The predicted octanol–water partition coefficient (Wildman–Crippen LogP) is 2.86. The van der Waals surface area contributed by atoms with Crippen LogP contribution in [0.25, 0.3) is 0 Å². The third-order valence-corrected chi connectivity index (χ3v) is 4.11. The number of amides is 1. The van der Waals surface area contributed by atoms with Gasteiger partial charge in [0.15, 0.2) is 0 Å². The van der Waals surface area contributed by atoms with Gasteiger partial charge < -0.3 is 15.8 Å². The lowest BCUT2D eigenvalue weighted by Crippen LogP contribution is -2.37. The Balaban J connectivity index is 1.92. The highest BCUT2D eigenvalue weighted by atomic mass is 32.1. The van der Waals surface area contributed by atoms with Crippen LogP contribution in [0.15, 0.2) is 29.6 Å². The van der Waals surface area contributed by atoms with Gasteiger partial charge in [-0.05, 0) is 25.6 Å². The van der Waals surface area contributed by atoms with E-state index >= 15 is 0 Å². The molecular formula is C16H18F3N3O2S. The molecular weight excluding hydrogens is 355 g/mol. The number of carbonyl (C=O) groups excluding carboxylic acids is 1. The van der Waals surface area contributed by atoms with Crippen LogP contribution in [0.2, 0.25) is 0 Å². The highest BCUT2D eigenvalue weighted by molar-refractivity contribution is 7.09. The zero-order valence-electron chi connectivity index (χ0n) is 13.5. The highest BCUT2D eigenvalue weighted by Gasteiger charge is 2.34. The molecule has 0 radical (unpaired) electrons. The molecule has 1 aromatic heterocycles. The minimum Gasteiger partial charge on any atom is -0.491 e. The summed E-state index contributed by atoms with van der Waals surface area (Å²) in [5, 5.41) is 5.03. The van der Waals surface area contributed by atoms with E-state index in [1.807, 2.05) is 0 Å². The summed E-state index contributed by atoms with van der Waals surface area (Å²) in [6.45, 7) is 1.98. The second-order valence-corrected chi connectivity index (χ2v) is 6.29. The van der Waals surface area contributed by atoms with E-state index in [1.54, 1.807) is 12.3 Å². The van der Waals surface area contributed by atoms with E-state index in [1.165, 1.54) is 29.5 Å². The van der Waals surface area contributed by atoms with Gasteiger partial charge >= 0.3 is 6.18 Å². The molecule has 0 fully saturated rings. The summed E-state index contributed by atoms with van der Waals surface area (Å²) in [6.07, 6.45) is -3.91. The number of hydrogen-bond donors (Lipinski definition) is 2. The average Bonchev–Trinajstić information content (AvgIpc) is 3.01. The number of nitrogens with two attached hydrogens (primary N) is 1. The fourth-order valence-corrected chi connectivity index (χ4v) is 2.83. The summed E-state index contributed by atoms with van der Waals surface area (Å²) >= 11 is 1.34. The van der Waals surface area contributed by atoms with Crippen LogP contribution < -0.4 is 15.8 Å². The first-order valence-electron chi connectivity index (χ1n) is 7.55. The van der Waals surface area contributed by atoms with Crippen molar-refractivity contribution in [1.82, 2.24) is 10.3 Å². The number of para-hydroxylation sites is 1. The van der Waals surface area contributed by atoms with Crippen molar-refractivity contribution in [2.75, 3.05) is 13.2 Å². The largest absolute Gasteiger partial charge is 0.491 e. The molecule has 2 rings (SSSR count). The molecule has 25 heavy (non-hydrogen) atoms. The van der Waals surface area contributed by atoms with E-state index in [2.05, 4.69) is 10.3 Å². The van der Waals surface area contributed by atoms with E-state index in [0.29, 0.717) is 13.0 Å². The lowest BCUT2D eigenvalue weighted by molar-refractivity contribution is -0.139. The van der Waals surface area contributed by atoms with Crippen molar-refractivity contribution >= 4 is 17.2 Å². The smallest absolute Gasteiger partial charge is 0.419 e. The molecule has 0 saturated heterocycles. The molecule has 2 aromatic rings. The monoisotopic (exact) mass is 373 g/mol. The highest BCUT2D eigenvalue weighted by Crippen LogP contribution is 2.35. The number of aromatic nitrogens is 1. The number of alkyl halides is 3. The second kappa shape index (κ2) is 8.30. The number of halogens is 3. The molecule has 0 spiro atoms. The van der Waals surface area contributed by atoms with Gasteiger partial charge in [-0.1, -0.05) is 12.1 Å². The zero-order chi connectivity index (χ0) is 18.4. The molecule has 0 saturated carbocycles. The van der Waals surface area contributed by atoms with E-state index < -0.39 is 23.7 Å². The predicted molar refractivity (Wildman–Crippen MR) is 88.7 cm³/mol. The molecule has 1 aromatic carbocycles. The number of carbonyl (C=O) groups is 1. The molecule has 0 bridgehead atoms. The Labute approximate surface area is 147 Å². The van der Waals surface area contributed by atoms with Crippen LogP contribution in [0.1, 0.15) is 28.0 Å². The normalized spacial score (nSPS) is 12.7. The molecule has 3 N–H and O–H groups in total. The SMILES string of the molecule is CC(COc1ccccc1C(F)(F)F)NC(=O)c1csc(CCN)n1. The Hall–Kier alpha value is -2.13. The number of ether oxygens (including phenoxy) is 1. The molecule has 0 aliphatic rings. The molecule has 0 aliphatic carbocycles. The van der Waals surface area contributed by atoms with Crippen molar-refractivity contribution in [2.45, 2.75) is 25.6 Å². The van der Waals surface area contributed by atoms with Gasteiger partial charge in [-0.2, -0.15) is 13.2 Å². The van der Waals surface area contributed by atoms with Crippen LogP contribution in [-0.4, -0.2) is 30.1 Å². The van der Waals surface area contributed by atoms with Gasteiger partial charge in [0.25, 0.3) is 5.91 Å². The fourth-order valence-electron chi connectivity index (χ4n) is 2.03.